The van der Waals surface area contributed by atoms with E-state index >= 15 is 0 Å². The van der Waals surface area contributed by atoms with Gasteiger partial charge in [0.15, 0.2) is 5.82 Å². The van der Waals surface area contributed by atoms with Crippen LogP contribution in [0.2, 0.25) is 15.1 Å². The highest BCUT2D eigenvalue weighted by Crippen LogP contribution is 2.25. The van der Waals surface area contributed by atoms with Crippen molar-refractivity contribution in [3.8, 4) is 0 Å². The average molecular weight is 413 g/mol. The van der Waals surface area contributed by atoms with Crippen molar-refractivity contribution < 1.29 is 4.79 Å². The van der Waals surface area contributed by atoms with Gasteiger partial charge in [-0.3, -0.25) is 14.2 Å². The van der Waals surface area contributed by atoms with Crippen LogP contribution < -0.4 is 5.32 Å². The summed E-state index contributed by atoms with van der Waals surface area (Å²) in [4.78, 5) is 12.2. The summed E-state index contributed by atoms with van der Waals surface area (Å²) in [6.45, 7) is 4.16. The van der Waals surface area contributed by atoms with Crippen LogP contribution in [0.25, 0.3) is 0 Å². The molecule has 26 heavy (non-hydrogen) atoms. The fourth-order valence-electron chi connectivity index (χ4n) is 2.47. The molecule has 0 aliphatic heterocycles. The van der Waals surface area contributed by atoms with Gasteiger partial charge in [0.05, 0.1) is 23.5 Å². The lowest BCUT2D eigenvalue weighted by atomic mass is 10.2. The van der Waals surface area contributed by atoms with Crippen molar-refractivity contribution in [3.05, 3.63) is 62.5 Å². The minimum atomic E-state index is -0.242. The maximum absolute atomic E-state index is 12.2. The predicted molar refractivity (Wildman–Crippen MR) is 103 cm³/mol. The standard InChI is InChI=1S/C17H16Cl3N5O/c1-10-6-16(22-17(26)9-25-11(2)15(20)7-21-25)23-24(10)8-12-13(18)4-3-5-14(12)19/h3-7H,8-9H2,1-2H3,(H,22,23,26). The van der Waals surface area contributed by atoms with Gasteiger partial charge in [-0.1, -0.05) is 40.9 Å². The Morgan fingerprint density at radius 2 is 1.81 bits per heavy atom. The Labute approximate surface area is 165 Å². The summed E-state index contributed by atoms with van der Waals surface area (Å²) in [5, 5.41) is 12.9. The molecule has 1 aromatic carbocycles. The number of anilines is 1. The van der Waals surface area contributed by atoms with E-state index in [0.29, 0.717) is 27.4 Å². The monoisotopic (exact) mass is 411 g/mol. The summed E-state index contributed by atoms with van der Waals surface area (Å²) in [5.74, 6) is 0.208. The summed E-state index contributed by atoms with van der Waals surface area (Å²) in [7, 11) is 0. The van der Waals surface area contributed by atoms with Crippen LogP contribution in [0.15, 0.2) is 30.5 Å². The Morgan fingerprint density at radius 1 is 1.12 bits per heavy atom. The van der Waals surface area contributed by atoms with E-state index in [1.54, 1.807) is 35.9 Å². The molecule has 136 valence electrons. The molecular weight excluding hydrogens is 397 g/mol. The third-order valence-electron chi connectivity index (χ3n) is 3.95. The number of halogens is 3. The Balaban J connectivity index is 1.72. The van der Waals surface area contributed by atoms with Gasteiger partial charge in [-0.15, -0.1) is 0 Å². The van der Waals surface area contributed by atoms with Crippen LogP contribution in [0.4, 0.5) is 5.82 Å². The van der Waals surface area contributed by atoms with Gasteiger partial charge in [0.25, 0.3) is 0 Å². The quantitative estimate of drug-likeness (QED) is 0.678. The van der Waals surface area contributed by atoms with Gasteiger partial charge < -0.3 is 5.32 Å². The second kappa shape index (κ2) is 7.70. The van der Waals surface area contributed by atoms with E-state index in [9.17, 15) is 4.79 Å². The first-order valence-corrected chi connectivity index (χ1v) is 8.93. The van der Waals surface area contributed by atoms with Crippen LogP contribution in [0, 0.1) is 13.8 Å². The molecule has 0 atom stereocenters. The summed E-state index contributed by atoms with van der Waals surface area (Å²) >= 11 is 18.4. The van der Waals surface area contributed by atoms with Gasteiger partial charge in [-0.2, -0.15) is 10.2 Å². The molecule has 0 aliphatic rings. The molecule has 0 bridgehead atoms. The van der Waals surface area contributed by atoms with Crippen LogP contribution in [0.5, 0.6) is 0 Å². The topological polar surface area (TPSA) is 64.7 Å². The fraction of sp³-hybridized carbons (Fsp3) is 0.235. The molecule has 6 nitrogen and oxygen atoms in total. The number of amides is 1. The summed E-state index contributed by atoms with van der Waals surface area (Å²) in [5.41, 5.74) is 2.38. The molecule has 0 spiro atoms. The Kier molecular flexibility index (Phi) is 5.55. The molecule has 0 saturated heterocycles. The number of aryl methyl sites for hydroxylation is 1. The minimum absolute atomic E-state index is 0.0564. The number of aromatic nitrogens is 4. The third-order valence-corrected chi connectivity index (χ3v) is 5.03. The first-order chi connectivity index (χ1) is 12.3. The van der Waals surface area contributed by atoms with E-state index in [0.717, 1.165) is 17.0 Å². The van der Waals surface area contributed by atoms with Crippen molar-refractivity contribution in [2.45, 2.75) is 26.9 Å². The molecule has 0 saturated carbocycles. The molecule has 0 radical (unpaired) electrons. The maximum Gasteiger partial charge on any atom is 0.247 e. The summed E-state index contributed by atoms with van der Waals surface area (Å²) < 4.78 is 3.27. The normalized spacial score (nSPS) is 11.0. The molecule has 0 fully saturated rings. The fourth-order valence-corrected chi connectivity index (χ4v) is 3.12. The Morgan fingerprint density at radius 3 is 2.42 bits per heavy atom. The second-order valence-electron chi connectivity index (χ2n) is 5.81. The minimum Gasteiger partial charge on any atom is -0.308 e. The number of rotatable bonds is 5. The number of hydrogen-bond acceptors (Lipinski definition) is 3. The third kappa shape index (κ3) is 4.03. The van der Waals surface area contributed by atoms with Crippen molar-refractivity contribution in [2.24, 2.45) is 0 Å². The van der Waals surface area contributed by atoms with Crippen molar-refractivity contribution in [2.75, 3.05) is 5.32 Å². The maximum atomic E-state index is 12.2. The number of benzene rings is 1. The van der Waals surface area contributed by atoms with Crippen molar-refractivity contribution in [3.63, 3.8) is 0 Å². The number of carbonyl (C=O) groups is 1. The lowest BCUT2D eigenvalue weighted by Gasteiger charge is -2.08. The molecule has 1 N–H and O–H groups in total. The van der Waals surface area contributed by atoms with Gasteiger partial charge >= 0.3 is 0 Å². The van der Waals surface area contributed by atoms with Crippen molar-refractivity contribution >= 4 is 46.5 Å². The van der Waals surface area contributed by atoms with E-state index in [1.807, 2.05) is 6.92 Å². The number of carbonyl (C=O) groups excluding carboxylic acids is 1. The van der Waals surface area contributed by atoms with Gasteiger partial charge in [0.1, 0.15) is 6.54 Å². The van der Waals surface area contributed by atoms with Gasteiger partial charge in [0.2, 0.25) is 5.91 Å². The average Bonchev–Trinajstić information content (AvgIpc) is 3.07. The molecule has 0 unspecified atom stereocenters. The zero-order chi connectivity index (χ0) is 18.8. The molecule has 3 aromatic rings. The highest BCUT2D eigenvalue weighted by atomic mass is 35.5. The summed E-state index contributed by atoms with van der Waals surface area (Å²) in [6.07, 6.45) is 1.51. The van der Waals surface area contributed by atoms with E-state index < -0.39 is 0 Å². The first-order valence-electron chi connectivity index (χ1n) is 7.80. The van der Waals surface area contributed by atoms with Crippen LogP contribution in [0.1, 0.15) is 17.0 Å². The van der Waals surface area contributed by atoms with Crippen molar-refractivity contribution in [1.29, 1.82) is 0 Å². The SMILES string of the molecule is Cc1cc(NC(=O)Cn2ncc(Cl)c2C)nn1Cc1c(Cl)cccc1Cl. The summed E-state index contributed by atoms with van der Waals surface area (Å²) in [6, 6.07) is 7.13. The lowest BCUT2D eigenvalue weighted by molar-refractivity contribution is -0.117. The zero-order valence-electron chi connectivity index (χ0n) is 14.1. The van der Waals surface area contributed by atoms with E-state index in [-0.39, 0.29) is 12.5 Å². The van der Waals surface area contributed by atoms with E-state index in [1.165, 1.54) is 10.9 Å². The highest BCUT2D eigenvalue weighted by molar-refractivity contribution is 6.36. The number of nitrogens with one attached hydrogen (secondary N) is 1. The van der Waals surface area contributed by atoms with Crippen LogP contribution in [-0.2, 0) is 17.9 Å². The second-order valence-corrected chi connectivity index (χ2v) is 7.03. The molecule has 0 aliphatic carbocycles. The van der Waals surface area contributed by atoms with Crippen molar-refractivity contribution in [1.82, 2.24) is 19.6 Å². The number of nitrogens with zero attached hydrogens (tertiary/aromatic N) is 4. The van der Waals surface area contributed by atoms with E-state index in [2.05, 4.69) is 15.5 Å². The van der Waals surface area contributed by atoms with Gasteiger partial charge in [-0.05, 0) is 26.0 Å². The van der Waals surface area contributed by atoms with E-state index in [4.69, 9.17) is 34.8 Å². The van der Waals surface area contributed by atoms with Gasteiger partial charge in [0, 0.05) is 27.4 Å². The van der Waals surface area contributed by atoms with Gasteiger partial charge in [-0.25, -0.2) is 0 Å². The molecule has 2 aromatic heterocycles. The number of hydrogen-bond donors (Lipinski definition) is 1. The Bertz CT molecular complexity index is 943. The molecule has 9 heteroatoms. The van der Waals surface area contributed by atoms with Crippen LogP contribution in [0.3, 0.4) is 0 Å². The lowest BCUT2D eigenvalue weighted by Crippen LogP contribution is -2.20. The molecule has 1 amide bonds. The molecule has 3 rings (SSSR count). The predicted octanol–water partition coefficient (Wildman–Crippen LogP) is 4.34. The molecular formula is C17H16Cl3N5O. The van der Waals surface area contributed by atoms with Crippen LogP contribution >= 0.6 is 34.8 Å². The Hall–Kier alpha value is -2.02. The smallest absolute Gasteiger partial charge is 0.247 e. The highest BCUT2D eigenvalue weighted by Gasteiger charge is 2.13. The first kappa shape index (κ1) is 18.8. The zero-order valence-corrected chi connectivity index (χ0v) is 16.4. The van der Waals surface area contributed by atoms with Crippen LogP contribution in [-0.4, -0.2) is 25.5 Å². The largest absolute Gasteiger partial charge is 0.308 e. The molecule has 2 heterocycles.